The second kappa shape index (κ2) is 5.34. The number of ether oxygens (including phenoxy) is 1. The number of hydrogen-bond donors (Lipinski definition) is 0. The molecule has 0 heterocycles. The van der Waals surface area contributed by atoms with Crippen LogP contribution in [0.4, 0.5) is 0 Å². The molecule has 0 bridgehead atoms. The van der Waals surface area contributed by atoms with Gasteiger partial charge in [-0.25, -0.2) is 0 Å². The van der Waals surface area contributed by atoms with Crippen LogP contribution in [0.5, 0.6) is 5.75 Å². The smallest absolute Gasteiger partial charge is 0.125 e. The van der Waals surface area contributed by atoms with Crippen LogP contribution in [0.15, 0.2) is 18.2 Å². The van der Waals surface area contributed by atoms with Crippen LogP contribution in [0.2, 0.25) is 0 Å². The molecule has 0 aliphatic carbocycles. The number of para-hydroxylation sites is 1. The first-order chi connectivity index (χ1) is 6.75. The van der Waals surface area contributed by atoms with E-state index in [0.29, 0.717) is 6.61 Å². The minimum absolute atomic E-state index is 0.673. The van der Waals surface area contributed by atoms with Crippen LogP contribution in [0.25, 0.3) is 0 Å². The monoisotopic (exact) mass is 188 g/mol. The van der Waals surface area contributed by atoms with Crippen molar-refractivity contribution in [2.24, 2.45) is 0 Å². The van der Waals surface area contributed by atoms with Crippen molar-refractivity contribution < 1.29 is 4.74 Å². The molecule has 0 aromatic heterocycles. The lowest BCUT2D eigenvalue weighted by molar-refractivity contribution is 0.323. The molecule has 1 rings (SSSR count). The van der Waals surface area contributed by atoms with E-state index >= 15 is 0 Å². The first kappa shape index (κ1) is 10.7. The summed E-state index contributed by atoms with van der Waals surface area (Å²) in [6.07, 6.45) is 0.796. The van der Waals surface area contributed by atoms with Crippen molar-refractivity contribution in [3.05, 3.63) is 29.3 Å². The van der Waals surface area contributed by atoms with Gasteiger partial charge in [-0.05, 0) is 31.9 Å². The summed E-state index contributed by atoms with van der Waals surface area (Å²) in [5.74, 6) is 6.84. The molecule has 0 aliphatic rings. The van der Waals surface area contributed by atoms with Gasteiger partial charge in [0.15, 0.2) is 0 Å². The Bertz CT molecular complexity index is 335. The molecule has 0 atom stereocenters. The van der Waals surface area contributed by atoms with E-state index in [4.69, 9.17) is 4.74 Å². The van der Waals surface area contributed by atoms with Gasteiger partial charge in [-0.15, -0.1) is 11.8 Å². The standard InChI is InChI=1S/C13H16O/c1-4-5-6-10-14-13-11(2)8-7-9-12(13)3/h7-9H,6,10H2,1-3H3. The summed E-state index contributed by atoms with van der Waals surface area (Å²) in [5.41, 5.74) is 2.38. The number of aryl methyl sites for hydroxylation is 2. The maximum absolute atomic E-state index is 5.67. The zero-order valence-electron chi connectivity index (χ0n) is 9.05. The quantitative estimate of drug-likeness (QED) is 0.523. The van der Waals surface area contributed by atoms with Crippen molar-refractivity contribution in [3.8, 4) is 17.6 Å². The fraction of sp³-hybridized carbons (Fsp3) is 0.385. The average Bonchev–Trinajstić information content (AvgIpc) is 2.16. The normalized spacial score (nSPS) is 9.07. The second-order valence-corrected chi connectivity index (χ2v) is 3.25. The van der Waals surface area contributed by atoms with Gasteiger partial charge in [-0.3, -0.25) is 0 Å². The largest absolute Gasteiger partial charge is 0.492 e. The van der Waals surface area contributed by atoms with Crippen molar-refractivity contribution in [3.63, 3.8) is 0 Å². The summed E-state index contributed by atoms with van der Waals surface area (Å²) >= 11 is 0. The lowest BCUT2D eigenvalue weighted by Gasteiger charge is -2.10. The Hall–Kier alpha value is -1.42. The van der Waals surface area contributed by atoms with E-state index in [2.05, 4.69) is 37.8 Å². The van der Waals surface area contributed by atoms with Gasteiger partial charge in [0.2, 0.25) is 0 Å². The van der Waals surface area contributed by atoms with E-state index in [1.54, 1.807) is 0 Å². The Morgan fingerprint density at radius 2 is 1.86 bits per heavy atom. The Morgan fingerprint density at radius 3 is 2.43 bits per heavy atom. The highest BCUT2D eigenvalue weighted by molar-refractivity contribution is 5.39. The van der Waals surface area contributed by atoms with Gasteiger partial charge in [-0.2, -0.15) is 0 Å². The SMILES string of the molecule is CC#CCCOc1c(C)cccc1C. The molecule has 0 fully saturated rings. The third-order valence-electron chi connectivity index (χ3n) is 2.06. The summed E-state index contributed by atoms with van der Waals surface area (Å²) < 4.78 is 5.67. The molecule has 1 aromatic rings. The van der Waals surface area contributed by atoms with Crippen LogP contribution in [0.1, 0.15) is 24.5 Å². The maximum Gasteiger partial charge on any atom is 0.125 e. The van der Waals surface area contributed by atoms with E-state index < -0.39 is 0 Å². The number of benzene rings is 1. The van der Waals surface area contributed by atoms with Gasteiger partial charge in [0.1, 0.15) is 5.75 Å². The van der Waals surface area contributed by atoms with E-state index in [1.165, 1.54) is 11.1 Å². The highest BCUT2D eigenvalue weighted by Crippen LogP contribution is 2.22. The van der Waals surface area contributed by atoms with E-state index in [1.807, 2.05) is 13.0 Å². The minimum Gasteiger partial charge on any atom is -0.492 e. The molecular formula is C13H16O. The summed E-state index contributed by atoms with van der Waals surface area (Å²) in [4.78, 5) is 0. The van der Waals surface area contributed by atoms with E-state index in [-0.39, 0.29) is 0 Å². The Morgan fingerprint density at radius 1 is 1.21 bits per heavy atom. The van der Waals surface area contributed by atoms with Crippen molar-refractivity contribution in [1.29, 1.82) is 0 Å². The predicted octanol–water partition coefficient (Wildman–Crippen LogP) is 3.10. The fourth-order valence-corrected chi connectivity index (χ4v) is 1.36. The fourth-order valence-electron chi connectivity index (χ4n) is 1.36. The summed E-state index contributed by atoms with van der Waals surface area (Å²) in [7, 11) is 0. The Kier molecular flexibility index (Phi) is 4.07. The Labute approximate surface area is 86.1 Å². The first-order valence-electron chi connectivity index (χ1n) is 4.84. The zero-order chi connectivity index (χ0) is 10.4. The van der Waals surface area contributed by atoms with E-state index in [0.717, 1.165) is 12.2 Å². The van der Waals surface area contributed by atoms with E-state index in [9.17, 15) is 0 Å². The highest BCUT2D eigenvalue weighted by atomic mass is 16.5. The van der Waals surface area contributed by atoms with Gasteiger partial charge < -0.3 is 4.74 Å². The maximum atomic E-state index is 5.67. The van der Waals surface area contributed by atoms with Gasteiger partial charge in [0.05, 0.1) is 6.61 Å². The van der Waals surface area contributed by atoms with Crippen LogP contribution in [0.3, 0.4) is 0 Å². The molecule has 0 unspecified atom stereocenters. The van der Waals surface area contributed by atoms with Crippen LogP contribution in [0, 0.1) is 25.7 Å². The third-order valence-corrected chi connectivity index (χ3v) is 2.06. The summed E-state index contributed by atoms with van der Waals surface area (Å²) in [6, 6.07) is 6.17. The van der Waals surface area contributed by atoms with Crippen molar-refractivity contribution >= 4 is 0 Å². The Balaban J connectivity index is 2.60. The van der Waals surface area contributed by atoms with Crippen molar-refractivity contribution in [1.82, 2.24) is 0 Å². The molecule has 0 N–H and O–H groups in total. The number of hydrogen-bond acceptors (Lipinski definition) is 1. The lowest BCUT2D eigenvalue weighted by Crippen LogP contribution is -1.99. The van der Waals surface area contributed by atoms with Gasteiger partial charge in [0.25, 0.3) is 0 Å². The molecule has 1 nitrogen and oxygen atoms in total. The minimum atomic E-state index is 0.673. The predicted molar refractivity (Wildman–Crippen MR) is 59.5 cm³/mol. The highest BCUT2D eigenvalue weighted by Gasteiger charge is 2.01. The van der Waals surface area contributed by atoms with Crippen LogP contribution >= 0.6 is 0 Å². The topological polar surface area (TPSA) is 9.23 Å². The second-order valence-electron chi connectivity index (χ2n) is 3.25. The molecule has 0 saturated carbocycles. The summed E-state index contributed by atoms with van der Waals surface area (Å²) in [6.45, 7) is 6.65. The summed E-state index contributed by atoms with van der Waals surface area (Å²) in [5, 5.41) is 0. The molecule has 1 heteroatoms. The van der Waals surface area contributed by atoms with Crippen molar-refractivity contribution in [2.45, 2.75) is 27.2 Å². The molecule has 1 aromatic carbocycles. The van der Waals surface area contributed by atoms with Gasteiger partial charge in [0, 0.05) is 6.42 Å². The molecular weight excluding hydrogens is 172 g/mol. The van der Waals surface area contributed by atoms with Crippen LogP contribution in [-0.4, -0.2) is 6.61 Å². The molecule has 0 radical (unpaired) electrons. The molecule has 0 spiro atoms. The molecule has 14 heavy (non-hydrogen) atoms. The first-order valence-corrected chi connectivity index (χ1v) is 4.84. The molecule has 0 amide bonds. The zero-order valence-corrected chi connectivity index (χ0v) is 9.05. The van der Waals surface area contributed by atoms with Crippen molar-refractivity contribution in [2.75, 3.05) is 6.61 Å². The molecule has 0 saturated heterocycles. The third kappa shape index (κ3) is 2.81. The van der Waals surface area contributed by atoms with Gasteiger partial charge >= 0.3 is 0 Å². The van der Waals surface area contributed by atoms with Crippen LogP contribution < -0.4 is 4.74 Å². The molecule has 74 valence electrons. The van der Waals surface area contributed by atoms with Gasteiger partial charge in [-0.1, -0.05) is 18.2 Å². The van der Waals surface area contributed by atoms with Crippen LogP contribution in [-0.2, 0) is 0 Å². The number of rotatable bonds is 3. The molecule has 0 aliphatic heterocycles. The lowest BCUT2D eigenvalue weighted by atomic mass is 10.1. The average molecular weight is 188 g/mol.